The van der Waals surface area contributed by atoms with Crippen molar-refractivity contribution in [2.24, 2.45) is 16.7 Å². The summed E-state index contributed by atoms with van der Waals surface area (Å²) in [5.41, 5.74) is 3.42. The minimum absolute atomic E-state index is 0.413. The first-order valence-corrected chi connectivity index (χ1v) is 8.15. The van der Waals surface area contributed by atoms with E-state index in [1.807, 2.05) is 23.0 Å². The lowest BCUT2D eigenvalue weighted by Gasteiger charge is -2.43. The number of nitrogens with one attached hydrogen (secondary N) is 1. The zero-order chi connectivity index (χ0) is 14.7. The van der Waals surface area contributed by atoms with Crippen molar-refractivity contribution in [1.82, 2.24) is 14.9 Å². The summed E-state index contributed by atoms with van der Waals surface area (Å²) in [6.45, 7) is 8.31. The van der Waals surface area contributed by atoms with Crippen LogP contribution < -0.4 is 5.32 Å². The third kappa shape index (κ3) is 1.87. The Balaban J connectivity index is 1.57. The minimum Gasteiger partial charge on any atom is -0.309 e. The molecule has 3 unspecified atom stereocenters. The molecule has 2 bridgehead atoms. The number of pyridine rings is 1. The van der Waals surface area contributed by atoms with Crippen LogP contribution >= 0.6 is 0 Å². The molecule has 2 aliphatic carbocycles. The van der Waals surface area contributed by atoms with Gasteiger partial charge in [-0.05, 0) is 48.1 Å². The monoisotopic (exact) mass is 283 g/mol. The topological polar surface area (TPSA) is 29.3 Å². The molecule has 4 rings (SSSR count). The molecule has 2 aliphatic rings. The average Bonchev–Trinajstić information content (AvgIpc) is 3.08. The van der Waals surface area contributed by atoms with Gasteiger partial charge in [0.25, 0.3) is 0 Å². The number of nitrogens with zero attached hydrogens (tertiary/aromatic N) is 2. The summed E-state index contributed by atoms with van der Waals surface area (Å²) < 4.78 is 1.96. The van der Waals surface area contributed by atoms with Crippen molar-refractivity contribution >= 4 is 5.52 Å². The zero-order valence-electron chi connectivity index (χ0n) is 13.3. The van der Waals surface area contributed by atoms with Gasteiger partial charge in [0.1, 0.15) is 0 Å². The maximum atomic E-state index is 4.44. The highest BCUT2D eigenvalue weighted by molar-refractivity contribution is 5.53. The second-order valence-electron chi connectivity index (χ2n) is 7.93. The lowest BCUT2D eigenvalue weighted by atomic mass is 9.68. The van der Waals surface area contributed by atoms with Crippen LogP contribution in [0, 0.1) is 16.7 Å². The third-order valence-corrected chi connectivity index (χ3v) is 6.27. The lowest BCUT2D eigenvalue weighted by molar-refractivity contribution is 0.108. The fourth-order valence-electron chi connectivity index (χ4n) is 5.15. The lowest BCUT2D eigenvalue weighted by Crippen LogP contribution is -2.49. The molecule has 0 radical (unpaired) electrons. The molecule has 2 heterocycles. The van der Waals surface area contributed by atoms with Gasteiger partial charge < -0.3 is 5.32 Å². The molecule has 0 amide bonds. The summed E-state index contributed by atoms with van der Waals surface area (Å²) in [5, 5.41) is 8.33. The zero-order valence-corrected chi connectivity index (χ0v) is 13.3. The molecule has 112 valence electrons. The molecule has 2 aromatic rings. The van der Waals surface area contributed by atoms with Crippen LogP contribution in [0.3, 0.4) is 0 Å². The van der Waals surface area contributed by atoms with Gasteiger partial charge in [-0.1, -0.05) is 26.8 Å². The molecule has 0 aromatic carbocycles. The summed E-state index contributed by atoms with van der Waals surface area (Å²) in [6.07, 6.45) is 8.21. The predicted octanol–water partition coefficient (Wildman–Crippen LogP) is 3.64. The number of hydrogen-bond donors (Lipinski definition) is 1. The molecule has 21 heavy (non-hydrogen) atoms. The van der Waals surface area contributed by atoms with Crippen molar-refractivity contribution in [2.75, 3.05) is 0 Å². The van der Waals surface area contributed by atoms with Crippen LogP contribution in [-0.4, -0.2) is 15.7 Å². The van der Waals surface area contributed by atoms with Gasteiger partial charge in [-0.25, -0.2) is 4.52 Å². The van der Waals surface area contributed by atoms with Crippen molar-refractivity contribution < 1.29 is 0 Å². The van der Waals surface area contributed by atoms with Gasteiger partial charge in [-0.2, -0.15) is 5.10 Å². The summed E-state index contributed by atoms with van der Waals surface area (Å²) in [5.74, 6) is 0.893. The van der Waals surface area contributed by atoms with Crippen LogP contribution in [0.15, 0.2) is 30.6 Å². The van der Waals surface area contributed by atoms with E-state index < -0.39 is 0 Å². The van der Waals surface area contributed by atoms with Crippen LogP contribution in [0.1, 0.15) is 45.6 Å². The first-order valence-electron chi connectivity index (χ1n) is 8.15. The molecule has 2 fully saturated rings. The van der Waals surface area contributed by atoms with Crippen LogP contribution in [0.2, 0.25) is 0 Å². The van der Waals surface area contributed by atoms with E-state index >= 15 is 0 Å². The Hall–Kier alpha value is -1.35. The van der Waals surface area contributed by atoms with E-state index in [2.05, 4.69) is 43.3 Å². The van der Waals surface area contributed by atoms with Gasteiger partial charge in [-0.3, -0.25) is 0 Å². The average molecular weight is 283 g/mol. The number of aromatic nitrogens is 2. The molecule has 0 spiro atoms. The number of hydrogen-bond acceptors (Lipinski definition) is 2. The van der Waals surface area contributed by atoms with E-state index in [0.29, 0.717) is 16.9 Å². The molecule has 3 atom stereocenters. The van der Waals surface area contributed by atoms with Gasteiger partial charge >= 0.3 is 0 Å². The quantitative estimate of drug-likeness (QED) is 0.932. The largest absolute Gasteiger partial charge is 0.309 e. The van der Waals surface area contributed by atoms with Crippen molar-refractivity contribution in [3.05, 3.63) is 36.2 Å². The maximum absolute atomic E-state index is 4.44. The van der Waals surface area contributed by atoms with E-state index in [0.717, 1.165) is 12.5 Å². The predicted molar refractivity (Wildman–Crippen MR) is 85.0 cm³/mol. The second-order valence-corrected chi connectivity index (χ2v) is 7.93. The van der Waals surface area contributed by atoms with Gasteiger partial charge in [0.05, 0.1) is 11.7 Å². The molecule has 0 saturated heterocycles. The van der Waals surface area contributed by atoms with Crippen molar-refractivity contribution in [3.8, 4) is 0 Å². The Morgan fingerprint density at radius 3 is 2.95 bits per heavy atom. The van der Waals surface area contributed by atoms with E-state index in [1.165, 1.54) is 30.3 Å². The van der Waals surface area contributed by atoms with Crippen LogP contribution in [0.5, 0.6) is 0 Å². The SMILES string of the molecule is CC12CCC(C1)C(C)(C)C2NCc1cnn2ccccc12. The van der Waals surface area contributed by atoms with Crippen LogP contribution in [-0.2, 0) is 6.54 Å². The summed E-state index contributed by atoms with van der Waals surface area (Å²) in [6, 6.07) is 6.88. The third-order valence-electron chi connectivity index (χ3n) is 6.27. The molecule has 2 aromatic heterocycles. The molecule has 1 N–H and O–H groups in total. The van der Waals surface area contributed by atoms with E-state index in [4.69, 9.17) is 0 Å². The highest BCUT2D eigenvalue weighted by Gasteiger charge is 2.58. The second kappa shape index (κ2) is 4.33. The van der Waals surface area contributed by atoms with Crippen LogP contribution in [0.25, 0.3) is 5.52 Å². The Morgan fingerprint density at radius 2 is 2.19 bits per heavy atom. The molecule has 3 heteroatoms. The van der Waals surface area contributed by atoms with Gasteiger partial charge in [0, 0.05) is 24.3 Å². The van der Waals surface area contributed by atoms with Gasteiger partial charge in [0.15, 0.2) is 0 Å². The van der Waals surface area contributed by atoms with E-state index in [1.54, 1.807) is 0 Å². The Labute approximate surface area is 126 Å². The van der Waals surface area contributed by atoms with Crippen molar-refractivity contribution in [2.45, 2.75) is 52.6 Å². The van der Waals surface area contributed by atoms with Gasteiger partial charge in [-0.15, -0.1) is 0 Å². The molecular weight excluding hydrogens is 258 g/mol. The van der Waals surface area contributed by atoms with Crippen molar-refractivity contribution in [3.63, 3.8) is 0 Å². The van der Waals surface area contributed by atoms with Gasteiger partial charge in [0.2, 0.25) is 0 Å². The Morgan fingerprint density at radius 1 is 1.33 bits per heavy atom. The van der Waals surface area contributed by atoms with E-state index in [9.17, 15) is 0 Å². The molecule has 3 nitrogen and oxygen atoms in total. The highest BCUT2D eigenvalue weighted by atomic mass is 15.2. The summed E-state index contributed by atoms with van der Waals surface area (Å²) in [7, 11) is 0. The molecular formula is C18H25N3. The first kappa shape index (κ1) is 13.3. The molecule has 0 aliphatic heterocycles. The number of fused-ring (bicyclic) bond motifs is 3. The maximum Gasteiger partial charge on any atom is 0.0706 e. The highest BCUT2D eigenvalue weighted by Crippen LogP contribution is 2.62. The normalized spacial score (nSPS) is 33.9. The summed E-state index contributed by atoms with van der Waals surface area (Å²) >= 11 is 0. The summed E-state index contributed by atoms with van der Waals surface area (Å²) in [4.78, 5) is 0. The van der Waals surface area contributed by atoms with Crippen LogP contribution in [0.4, 0.5) is 0 Å². The molecule has 2 saturated carbocycles. The van der Waals surface area contributed by atoms with E-state index in [-0.39, 0.29) is 0 Å². The fourth-order valence-corrected chi connectivity index (χ4v) is 5.15. The standard InChI is InChI=1S/C18H25N3/c1-17(2)14-7-8-18(3,10-14)16(17)19-11-13-12-20-21-9-5-4-6-15(13)21/h4-6,9,12,14,16,19H,7-8,10-11H2,1-3H3. The Bertz CT molecular complexity index is 667. The Kier molecular flexibility index (Phi) is 2.74. The first-order chi connectivity index (χ1) is 10.0. The number of rotatable bonds is 3. The minimum atomic E-state index is 0.413. The fraction of sp³-hybridized carbons (Fsp3) is 0.611. The smallest absolute Gasteiger partial charge is 0.0706 e. The van der Waals surface area contributed by atoms with Crippen molar-refractivity contribution in [1.29, 1.82) is 0 Å².